The van der Waals surface area contributed by atoms with E-state index in [1.165, 1.54) is 12.8 Å². The van der Waals surface area contributed by atoms with E-state index in [1.807, 2.05) is 0 Å². The van der Waals surface area contributed by atoms with Gasteiger partial charge in [-0.3, -0.25) is 0 Å². The molecule has 11 heavy (non-hydrogen) atoms. The molecule has 0 spiro atoms. The van der Waals surface area contributed by atoms with Crippen LogP contribution in [0.1, 0.15) is 47.0 Å². The Bertz CT molecular complexity index is 118. The van der Waals surface area contributed by atoms with Crippen molar-refractivity contribution in [2.45, 2.75) is 47.0 Å². The summed E-state index contributed by atoms with van der Waals surface area (Å²) in [5.74, 6) is 1.66. The second kappa shape index (κ2) is 5.34. The number of carbonyl (C=O) groups excluding carboxylic acids is 1. The Labute approximate surface area is 70.2 Å². The van der Waals surface area contributed by atoms with Crippen molar-refractivity contribution in [3.8, 4) is 0 Å². The molecule has 0 bridgehead atoms. The largest absolute Gasteiger partial charge is 0.300 e. The lowest BCUT2D eigenvalue weighted by molar-refractivity contribution is -0.117. The molecule has 0 rings (SSSR count). The monoisotopic (exact) mass is 156 g/mol. The second-order valence-corrected chi connectivity index (χ2v) is 3.76. The van der Waals surface area contributed by atoms with Gasteiger partial charge in [0, 0.05) is 6.42 Å². The van der Waals surface area contributed by atoms with E-state index in [4.69, 9.17) is 0 Å². The van der Waals surface area contributed by atoms with Crippen LogP contribution >= 0.6 is 0 Å². The molecule has 0 unspecified atom stereocenters. The van der Waals surface area contributed by atoms with Crippen molar-refractivity contribution in [2.24, 2.45) is 11.8 Å². The van der Waals surface area contributed by atoms with Crippen LogP contribution in [0, 0.1) is 11.8 Å². The van der Waals surface area contributed by atoms with Crippen molar-refractivity contribution >= 4 is 5.78 Å². The molecule has 0 radical (unpaired) electrons. The number of hydrogen-bond acceptors (Lipinski definition) is 1. The van der Waals surface area contributed by atoms with Crippen LogP contribution in [0.2, 0.25) is 0 Å². The molecule has 0 aromatic carbocycles. The average Bonchev–Trinajstić information content (AvgIpc) is 1.85. The van der Waals surface area contributed by atoms with E-state index in [9.17, 15) is 4.79 Å². The molecule has 0 fully saturated rings. The maximum Gasteiger partial charge on any atom is 0.130 e. The topological polar surface area (TPSA) is 17.1 Å². The van der Waals surface area contributed by atoms with Gasteiger partial charge in [-0.15, -0.1) is 0 Å². The maximum atomic E-state index is 10.7. The molecule has 66 valence electrons. The molecule has 0 heterocycles. The fourth-order valence-electron chi connectivity index (χ4n) is 1.43. The Hall–Kier alpha value is -0.330. The first-order valence-electron chi connectivity index (χ1n) is 4.55. The van der Waals surface area contributed by atoms with Gasteiger partial charge in [-0.25, -0.2) is 0 Å². The van der Waals surface area contributed by atoms with Crippen LogP contribution < -0.4 is 0 Å². The lowest BCUT2D eigenvalue weighted by atomic mass is 9.92. The van der Waals surface area contributed by atoms with Gasteiger partial charge in [0.05, 0.1) is 0 Å². The molecule has 0 aliphatic carbocycles. The molecule has 0 aliphatic heterocycles. The third-order valence-corrected chi connectivity index (χ3v) is 2.14. The molecule has 0 amide bonds. The van der Waals surface area contributed by atoms with E-state index < -0.39 is 0 Å². The molecule has 0 aromatic heterocycles. The van der Waals surface area contributed by atoms with Gasteiger partial charge in [0.25, 0.3) is 0 Å². The summed E-state index contributed by atoms with van der Waals surface area (Å²) in [7, 11) is 0. The molecule has 0 aliphatic rings. The minimum atomic E-state index is 0.320. The molecule has 1 nitrogen and oxygen atoms in total. The number of Topliss-reactive ketones (excluding diaryl/α,β-unsaturated/α-hetero) is 1. The van der Waals surface area contributed by atoms with Crippen LogP contribution in [0.3, 0.4) is 0 Å². The smallest absolute Gasteiger partial charge is 0.130 e. The number of rotatable bonds is 5. The van der Waals surface area contributed by atoms with Gasteiger partial charge >= 0.3 is 0 Å². The van der Waals surface area contributed by atoms with Crippen LogP contribution in [0.25, 0.3) is 0 Å². The quantitative estimate of drug-likeness (QED) is 0.598. The van der Waals surface area contributed by atoms with Crippen molar-refractivity contribution in [3.63, 3.8) is 0 Å². The highest BCUT2D eigenvalue weighted by Gasteiger charge is 2.08. The average molecular weight is 156 g/mol. The van der Waals surface area contributed by atoms with E-state index >= 15 is 0 Å². The van der Waals surface area contributed by atoms with Crippen molar-refractivity contribution in [1.29, 1.82) is 0 Å². The number of carbonyl (C=O) groups is 1. The predicted molar refractivity (Wildman–Crippen MR) is 48.5 cm³/mol. The van der Waals surface area contributed by atoms with Gasteiger partial charge in [0.1, 0.15) is 5.78 Å². The van der Waals surface area contributed by atoms with E-state index in [-0.39, 0.29) is 0 Å². The Morgan fingerprint density at radius 2 is 1.82 bits per heavy atom. The van der Waals surface area contributed by atoms with Gasteiger partial charge in [-0.1, -0.05) is 27.2 Å². The first-order chi connectivity index (χ1) is 5.06. The van der Waals surface area contributed by atoms with Crippen molar-refractivity contribution < 1.29 is 4.79 Å². The molecule has 0 saturated heterocycles. The van der Waals surface area contributed by atoms with Crippen LogP contribution in [0.15, 0.2) is 0 Å². The summed E-state index contributed by atoms with van der Waals surface area (Å²) >= 11 is 0. The maximum absolute atomic E-state index is 10.7. The van der Waals surface area contributed by atoms with Crippen molar-refractivity contribution in [3.05, 3.63) is 0 Å². The first-order valence-corrected chi connectivity index (χ1v) is 4.55. The minimum absolute atomic E-state index is 0.320. The summed E-state index contributed by atoms with van der Waals surface area (Å²) in [5.41, 5.74) is 0. The van der Waals surface area contributed by atoms with E-state index in [2.05, 4.69) is 20.8 Å². The lowest BCUT2D eigenvalue weighted by Gasteiger charge is -2.13. The minimum Gasteiger partial charge on any atom is -0.300 e. The Kier molecular flexibility index (Phi) is 5.18. The van der Waals surface area contributed by atoms with Crippen LogP contribution in [0.4, 0.5) is 0 Å². The van der Waals surface area contributed by atoms with Crippen molar-refractivity contribution in [1.82, 2.24) is 0 Å². The zero-order valence-electron chi connectivity index (χ0n) is 8.18. The SMILES string of the molecule is CC[C@@H](C)C[C@@H](C)CC(C)=O. The van der Waals surface area contributed by atoms with Gasteiger partial charge in [-0.05, 0) is 25.2 Å². The highest BCUT2D eigenvalue weighted by Crippen LogP contribution is 2.17. The fourth-order valence-corrected chi connectivity index (χ4v) is 1.43. The standard InChI is InChI=1S/C10H20O/c1-5-8(2)6-9(3)7-10(4)11/h8-9H,5-7H2,1-4H3/t8-,9-/m1/s1. The summed E-state index contributed by atoms with van der Waals surface area (Å²) in [6.45, 7) is 8.28. The summed E-state index contributed by atoms with van der Waals surface area (Å²) in [4.78, 5) is 10.7. The third kappa shape index (κ3) is 6.08. The molecule has 1 heteroatoms. The zero-order valence-corrected chi connectivity index (χ0v) is 8.18. The summed E-state index contributed by atoms with van der Waals surface area (Å²) < 4.78 is 0. The van der Waals surface area contributed by atoms with Crippen LogP contribution in [0.5, 0.6) is 0 Å². The van der Waals surface area contributed by atoms with E-state index in [0.717, 1.165) is 12.3 Å². The van der Waals surface area contributed by atoms with Crippen LogP contribution in [-0.4, -0.2) is 5.78 Å². The molecule has 2 atom stereocenters. The van der Waals surface area contributed by atoms with Gasteiger partial charge in [0.2, 0.25) is 0 Å². The normalized spacial score (nSPS) is 16.0. The second-order valence-electron chi connectivity index (χ2n) is 3.76. The van der Waals surface area contributed by atoms with Crippen molar-refractivity contribution in [2.75, 3.05) is 0 Å². The molecular formula is C10H20O. The Morgan fingerprint density at radius 1 is 1.27 bits per heavy atom. The van der Waals surface area contributed by atoms with E-state index in [1.54, 1.807) is 6.92 Å². The summed E-state index contributed by atoms with van der Waals surface area (Å²) in [6.07, 6.45) is 3.17. The Morgan fingerprint density at radius 3 is 2.18 bits per heavy atom. The van der Waals surface area contributed by atoms with Gasteiger partial charge in [0.15, 0.2) is 0 Å². The predicted octanol–water partition coefficient (Wildman–Crippen LogP) is 3.04. The molecule has 0 N–H and O–H groups in total. The summed E-state index contributed by atoms with van der Waals surface area (Å²) in [5, 5.41) is 0. The Balaban J connectivity index is 3.51. The first kappa shape index (κ1) is 10.7. The lowest BCUT2D eigenvalue weighted by Crippen LogP contribution is -2.06. The highest BCUT2D eigenvalue weighted by molar-refractivity contribution is 5.75. The number of ketones is 1. The van der Waals surface area contributed by atoms with Gasteiger partial charge in [-0.2, -0.15) is 0 Å². The van der Waals surface area contributed by atoms with E-state index in [0.29, 0.717) is 11.7 Å². The third-order valence-electron chi connectivity index (χ3n) is 2.14. The zero-order chi connectivity index (χ0) is 8.85. The molecule has 0 saturated carbocycles. The van der Waals surface area contributed by atoms with Crippen LogP contribution in [-0.2, 0) is 4.79 Å². The molecular weight excluding hydrogens is 136 g/mol. The van der Waals surface area contributed by atoms with Gasteiger partial charge < -0.3 is 4.79 Å². The fraction of sp³-hybridized carbons (Fsp3) is 0.900. The number of hydrogen-bond donors (Lipinski definition) is 0. The summed E-state index contributed by atoms with van der Waals surface area (Å²) in [6, 6.07) is 0. The molecule has 0 aromatic rings. The highest BCUT2D eigenvalue weighted by atomic mass is 16.1.